The van der Waals surface area contributed by atoms with Gasteiger partial charge >= 0.3 is 0 Å². The van der Waals surface area contributed by atoms with Crippen molar-refractivity contribution < 1.29 is 13.2 Å². The quantitative estimate of drug-likeness (QED) is 0.921. The molecule has 0 spiro atoms. The van der Waals surface area contributed by atoms with E-state index < -0.39 is 10.0 Å². The molecule has 122 valence electrons. The third-order valence-electron chi connectivity index (χ3n) is 3.80. The monoisotopic (exact) mass is 350 g/mol. The molecule has 2 aromatic rings. The highest BCUT2D eigenvalue weighted by Gasteiger charge is 2.31. The number of carbonyl (C=O) groups is 1. The molecule has 3 rings (SSSR count). The van der Waals surface area contributed by atoms with Crippen LogP contribution in [-0.2, 0) is 10.0 Å². The summed E-state index contributed by atoms with van der Waals surface area (Å²) in [5, 5.41) is 2.02. The molecule has 1 atom stereocenters. The van der Waals surface area contributed by atoms with E-state index in [0.717, 1.165) is 25.6 Å². The normalized spacial score (nSPS) is 18.1. The Kier molecular flexibility index (Phi) is 4.41. The van der Waals surface area contributed by atoms with E-state index in [9.17, 15) is 13.2 Å². The van der Waals surface area contributed by atoms with Gasteiger partial charge in [0.15, 0.2) is 0 Å². The Morgan fingerprint density at radius 2 is 2.13 bits per heavy atom. The first-order valence-electron chi connectivity index (χ1n) is 7.36. The number of thiophene rings is 1. The molecule has 1 amide bonds. The van der Waals surface area contributed by atoms with Gasteiger partial charge in [0.25, 0.3) is 5.91 Å². The first kappa shape index (κ1) is 16.0. The fourth-order valence-corrected chi connectivity index (χ4v) is 4.31. The lowest BCUT2D eigenvalue weighted by Crippen LogP contribution is -2.30. The second-order valence-corrected chi connectivity index (χ2v) is 8.35. The van der Waals surface area contributed by atoms with Crippen LogP contribution in [-0.4, -0.2) is 32.0 Å². The van der Waals surface area contributed by atoms with Crippen LogP contribution in [0, 0.1) is 0 Å². The number of rotatable bonds is 4. The molecule has 1 N–H and O–H groups in total. The molecule has 0 bridgehead atoms. The van der Waals surface area contributed by atoms with E-state index in [1.165, 1.54) is 4.88 Å². The molecule has 1 aromatic heterocycles. The highest BCUT2D eigenvalue weighted by Crippen LogP contribution is 2.35. The number of likely N-dealkylation sites (tertiary alicyclic amines) is 1. The minimum absolute atomic E-state index is 0.0574. The largest absolute Gasteiger partial charge is 0.331 e. The summed E-state index contributed by atoms with van der Waals surface area (Å²) in [5.41, 5.74) is 0.910. The number of hydrogen-bond acceptors (Lipinski definition) is 4. The Labute approximate surface area is 140 Å². The van der Waals surface area contributed by atoms with Crippen molar-refractivity contribution in [3.63, 3.8) is 0 Å². The molecule has 1 fully saturated rings. The van der Waals surface area contributed by atoms with Crippen molar-refractivity contribution in [2.45, 2.75) is 18.9 Å². The Morgan fingerprint density at radius 1 is 1.30 bits per heavy atom. The van der Waals surface area contributed by atoms with Crippen molar-refractivity contribution in [2.24, 2.45) is 0 Å². The number of nitrogens with one attached hydrogen (secondary N) is 1. The van der Waals surface area contributed by atoms with Crippen molar-refractivity contribution in [1.29, 1.82) is 0 Å². The second-order valence-electron chi connectivity index (χ2n) is 5.63. The number of hydrogen-bond donors (Lipinski definition) is 1. The van der Waals surface area contributed by atoms with Gasteiger partial charge in [-0.25, -0.2) is 8.42 Å². The van der Waals surface area contributed by atoms with E-state index >= 15 is 0 Å². The number of anilines is 1. The summed E-state index contributed by atoms with van der Waals surface area (Å²) < 4.78 is 25.1. The minimum atomic E-state index is -3.36. The van der Waals surface area contributed by atoms with E-state index in [1.54, 1.807) is 35.6 Å². The van der Waals surface area contributed by atoms with Crippen LogP contribution in [0.5, 0.6) is 0 Å². The van der Waals surface area contributed by atoms with Gasteiger partial charge in [0.2, 0.25) is 10.0 Å². The maximum Gasteiger partial charge on any atom is 0.254 e. The number of sulfonamides is 1. The van der Waals surface area contributed by atoms with Crippen LogP contribution in [0.15, 0.2) is 41.8 Å². The van der Waals surface area contributed by atoms with E-state index in [2.05, 4.69) is 10.8 Å². The summed E-state index contributed by atoms with van der Waals surface area (Å²) in [7, 11) is -3.36. The van der Waals surface area contributed by atoms with Crippen LogP contribution in [0.25, 0.3) is 0 Å². The summed E-state index contributed by atoms with van der Waals surface area (Å²) in [6, 6.07) is 10.8. The predicted molar refractivity (Wildman–Crippen MR) is 92.2 cm³/mol. The zero-order valence-electron chi connectivity index (χ0n) is 12.7. The Balaban J connectivity index is 1.84. The molecule has 1 aromatic carbocycles. The van der Waals surface area contributed by atoms with Crippen molar-refractivity contribution >= 4 is 33.0 Å². The molecule has 5 nitrogen and oxygen atoms in total. The number of nitrogens with zero attached hydrogens (tertiary/aromatic N) is 1. The summed E-state index contributed by atoms with van der Waals surface area (Å²) in [6.45, 7) is 0.727. The second kappa shape index (κ2) is 6.33. The Bertz CT molecular complexity index is 800. The van der Waals surface area contributed by atoms with Gasteiger partial charge in [0.1, 0.15) is 0 Å². The standard InChI is InChI=1S/C16H18N2O3S2/c1-23(20,21)17-13-6-2-5-12(11-13)16(19)18-9-3-7-14(18)15-8-4-10-22-15/h2,4-6,8,10-11,14,17H,3,7,9H2,1H3/t14-/m1/s1. The van der Waals surface area contributed by atoms with Crippen molar-refractivity contribution in [3.05, 3.63) is 52.2 Å². The van der Waals surface area contributed by atoms with Gasteiger partial charge in [-0.1, -0.05) is 12.1 Å². The van der Waals surface area contributed by atoms with Crippen LogP contribution in [0.4, 0.5) is 5.69 Å². The van der Waals surface area contributed by atoms with E-state index in [-0.39, 0.29) is 11.9 Å². The molecule has 0 aliphatic carbocycles. The molecule has 1 saturated heterocycles. The average molecular weight is 350 g/mol. The molecule has 0 radical (unpaired) electrons. The lowest BCUT2D eigenvalue weighted by Gasteiger charge is -2.24. The van der Waals surface area contributed by atoms with Gasteiger partial charge in [-0.15, -0.1) is 11.3 Å². The molecule has 1 aliphatic heterocycles. The van der Waals surface area contributed by atoms with Crippen LogP contribution in [0.2, 0.25) is 0 Å². The summed E-state index contributed by atoms with van der Waals surface area (Å²) in [5.74, 6) is -0.0574. The number of benzene rings is 1. The summed E-state index contributed by atoms with van der Waals surface area (Å²) in [6.07, 6.45) is 3.04. The smallest absolute Gasteiger partial charge is 0.254 e. The van der Waals surface area contributed by atoms with Gasteiger partial charge < -0.3 is 4.90 Å². The fourth-order valence-electron chi connectivity index (χ4n) is 2.88. The maximum absolute atomic E-state index is 12.8. The first-order valence-corrected chi connectivity index (χ1v) is 10.1. The highest BCUT2D eigenvalue weighted by atomic mass is 32.2. The molecule has 0 saturated carbocycles. The first-order chi connectivity index (χ1) is 10.9. The molecule has 0 unspecified atom stereocenters. The zero-order valence-corrected chi connectivity index (χ0v) is 14.4. The van der Waals surface area contributed by atoms with Crippen LogP contribution >= 0.6 is 11.3 Å². The van der Waals surface area contributed by atoms with Crippen LogP contribution in [0.3, 0.4) is 0 Å². The number of carbonyl (C=O) groups excluding carboxylic acids is 1. The van der Waals surface area contributed by atoms with Crippen LogP contribution < -0.4 is 4.72 Å². The zero-order chi connectivity index (χ0) is 16.4. The molecule has 2 heterocycles. The van der Waals surface area contributed by atoms with Gasteiger partial charge in [0, 0.05) is 22.7 Å². The van der Waals surface area contributed by atoms with Gasteiger partial charge in [0.05, 0.1) is 12.3 Å². The highest BCUT2D eigenvalue weighted by molar-refractivity contribution is 7.92. The molecular weight excluding hydrogens is 332 g/mol. The van der Waals surface area contributed by atoms with E-state index in [1.807, 2.05) is 16.3 Å². The van der Waals surface area contributed by atoms with Gasteiger partial charge in [-0.2, -0.15) is 0 Å². The fraction of sp³-hybridized carbons (Fsp3) is 0.312. The molecule has 23 heavy (non-hydrogen) atoms. The third-order valence-corrected chi connectivity index (χ3v) is 5.38. The lowest BCUT2D eigenvalue weighted by atomic mass is 10.1. The van der Waals surface area contributed by atoms with Crippen LogP contribution in [0.1, 0.15) is 34.1 Å². The molecular formula is C16H18N2O3S2. The van der Waals surface area contributed by atoms with E-state index in [0.29, 0.717) is 11.3 Å². The Hall–Kier alpha value is -1.86. The Morgan fingerprint density at radius 3 is 2.83 bits per heavy atom. The topological polar surface area (TPSA) is 66.5 Å². The number of amides is 1. The van der Waals surface area contributed by atoms with Crippen molar-refractivity contribution in [3.8, 4) is 0 Å². The predicted octanol–water partition coefficient (Wildman–Crippen LogP) is 3.10. The molecule has 7 heteroatoms. The van der Waals surface area contributed by atoms with E-state index in [4.69, 9.17) is 0 Å². The van der Waals surface area contributed by atoms with Gasteiger partial charge in [-0.05, 0) is 42.5 Å². The summed E-state index contributed by atoms with van der Waals surface area (Å²) in [4.78, 5) is 15.9. The van der Waals surface area contributed by atoms with Crippen molar-refractivity contribution in [2.75, 3.05) is 17.5 Å². The third kappa shape index (κ3) is 3.73. The minimum Gasteiger partial charge on any atom is -0.331 e. The average Bonchev–Trinajstić information content (AvgIpc) is 3.15. The maximum atomic E-state index is 12.8. The van der Waals surface area contributed by atoms with Gasteiger partial charge in [-0.3, -0.25) is 9.52 Å². The SMILES string of the molecule is CS(=O)(=O)Nc1cccc(C(=O)N2CCC[C@@H]2c2cccs2)c1. The van der Waals surface area contributed by atoms with Crippen molar-refractivity contribution in [1.82, 2.24) is 4.90 Å². The lowest BCUT2D eigenvalue weighted by molar-refractivity contribution is 0.0738. The molecule has 1 aliphatic rings. The summed E-state index contributed by atoms with van der Waals surface area (Å²) >= 11 is 1.66.